The van der Waals surface area contributed by atoms with E-state index >= 15 is 0 Å². The summed E-state index contributed by atoms with van der Waals surface area (Å²) in [5, 5.41) is 1.19. The van der Waals surface area contributed by atoms with Crippen LogP contribution in [0.2, 0.25) is 0 Å². The fourth-order valence-electron chi connectivity index (χ4n) is 5.18. The van der Waals surface area contributed by atoms with Crippen LogP contribution in [0, 0.1) is 0 Å². The Balaban J connectivity index is 1.76. The SMILES string of the molecule is CCCCCCCCCCCCCCOP(=O)(CCN(CCCN)CCCN)OCCc1c[nH]c2ccccc12. The first-order valence-corrected chi connectivity index (χ1v) is 17.9. The standard InChI is InChI=1S/C32H59N4O3P/c1-2-3-4-5-6-7-8-9-10-11-12-15-26-38-40(37,28-25-36(23-16-21-33)24-17-22-34)39-27-20-30-29-35-32-19-14-13-18-31(30)32/h13-14,18-19,29,35H,2-12,15-17,20-28,33-34H2,1H3. The fourth-order valence-corrected chi connectivity index (χ4v) is 6.81. The minimum Gasteiger partial charge on any atom is -0.361 e. The summed E-state index contributed by atoms with van der Waals surface area (Å²) < 4.78 is 25.9. The van der Waals surface area contributed by atoms with Crippen LogP contribution in [0.25, 0.3) is 10.9 Å². The maximum absolute atomic E-state index is 13.8. The Labute approximate surface area is 244 Å². The molecule has 1 aromatic carbocycles. The predicted molar refractivity (Wildman–Crippen MR) is 171 cm³/mol. The van der Waals surface area contributed by atoms with E-state index in [2.05, 4.69) is 28.9 Å². The Bertz CT molecular complexity index is 914. The van der Waals surface area contributed by atoms with Gasteiger partial charge in [-0.1, -0.05) is 95.8 Å². The van der Waals surface area contributed by atoms with Crippen molar-refractivity contribution in [1.82, 2.24) is 9.88 Å². The summed E-state index contributed by atoms with van der Waals surface area (Å²) in [4.78, 5) is 5.61. The Morgan fingerprint density at radius 3 is 1.95 bits per heavy atom. The van der Waals surface area contributed by atoms with Gasteiger partial charge in [0, 0.05) is 23.6 Å². The van der Waals surface area contributed by atoms with Crippen molar-refractivity contribution in [3.05, 3.63) is 36.0 Å². The number of benzene rings is 1. The molecule has 7 nitrogen and oxygen atoms in total. The third-order valence-electron chi connectivity index (χ3n) is 7.67. The number of nitrogens with zero attached hydrogens (tertiary/aromatic N) is 1. The predicted octanol–water partition coefficient (Wildman–Crippen LogP) is 7.64. The lowest BCUT2D eigenvalue weighted by Gasteiger charge is -2.25. The average molecular weight is 579 g/mol. The zero-order valence-electron chi connectivity index (χ0n) is 25.4. The van der Waals surface area contributed by atoms with E-state index in [0.29, 0.717) is 45.4 Å². The molecular weight excluding hydrogens is 519 g/mol. The summed E-state index contributed by atoms with van der Waals surface area (Å²) in [5.41, 5.74) is 13.8. The fraction of sp³-hybridized carbons (Fsp3) is 0.750. The Hall–Kier alpha value is -1.21. The summed E-state index contributed by atoms with van der Waals surface area (Å²) in [6.45, 7) is 6.86. The smallest absolute Gasteiger partial charge is 0.331 e. The highest BCUT2D eigenvalue weighted by Gasteiger charge is 2.25. The first-order chi connectivity index (χ1) is 19.6. The lowest BCUT2D eigenvalue weighted by Crippen LogP contribution is -2.31. The molecule has 2 aromatic rings. The van der Waals surface area contributed by atoms with Gasteiger partial charge in [-0.05, 0) is 63.5 Å². The molecule has 5 N–H and O–H groups in total. The molecule has 0 saturated carbocycles. The van der Waals surface area contributed by atoms with Crippen LogP contribution in [-0.2, 0) is 20.0 Å². The van der Waals surface area contributed by atoms with Crippen molar-refractivity contribution in [2.24, 2.45) is 11.5 Å². The molecule has 8 heteroatoms. The molecule has 0 bridgehead atoms. The number of rotatable bonds is 27. The second-order valence-corrected chi connectivity index (χ2v) is 13.3. The van der Waals surface area contributed by atoms with Crippen LogP contribution >= 0.6 is 7.60 Å². The van der Waals surface area contributed by atoms with Crippen LogP contribution in [0.15, 0.2) is 30.5 Å². The Kier molecular flexibility index (Phi) is 19.6. The van der Waals surface area contributed by atoms with Gasteiger partial charge in [-0.3, -0.25) is 4.57 Å². The van der Waals surface area contributed by atoms with E-state index < -0.39 is 7.60 Å². The van der Waals surface area contributed by atoms with Gasteiger partial charge in [-0.2, -0.15) is 0 Å². The highest BCUT2D eigenvalue weighted by Crippen LogP contribution is 2.48. The van der Waals surface area contributed by atoms with Crippen LogP contribution in [-0.4, -0.2) is 62.0 Å². The molecule has 1 unspecified atom stereocenters. The van der Waals surface area contributed by atoms with E-state index in [0.717, 1.165) is 44.3 Å². The normalized spacial score (nSPS) is 13.4. The molecule has 0 amide bonds. The quantitative estimate of drug-likeness (QED) is 0.0743. The van der Waals surface area contributed by atoms with Gasteiger partial charge in [0.25, 0.3) is 0 Å². The third-order valence-corrected chi connectivity index (χ3v) is 9.57. The van der Waals surface area contributed by atoms with Gasteiger partial charge in [0.15, 0.2) is 0 Å². The van der Waals surface area contributed by atoms with Crippen LogP contribution in [0.5, 0.6) is 0 Å². The molecule has 2 rings (SSSR count). The van der Waals surface area contributed by atoms with Crippen molar-refractivity contribution < 1.29 is 13.6 Å². The maximum atomic E-state index is 13.8. The molecule has 0 aliphatic heterocycles. The van der Waals surface area contributed by atoms with E-state index in [1.165, 1.54) is 75.2 Å². The van der Waals surface area contributed by atoms with E-state index in [9.17, 15) is 4.57 Å². The van der Waals surface area contributed by atoms with Crippen LogP contribution in [0.3, 0.4) is 0 Å². The van der Waals surface area contributed by atoms with E-state index in [1.54, 1.807) is 0 Å². The average Bonchev–Trinajstić information content (AvgIpc) is 3.38. The van der Waals surface area contributed by atoms with Gasteiger partial charge in [-0.15, -0.1) is 0 Å². The van der Waals surface area contributed by atoms with Gasteiger partial charge in [0.2, 0.25) is 0 Å². The van der Waals surface area contributed by atoms with Crippen LogP contribution in [0.1, 0.15) is 102 Å². The Morgan fingerprint density at radius 2 is 1.32 bits per heavy atom. The minimum atomic E-state index is -3.21. The first-order valence-electron chi connectivity index (χ1n) is 16.2. The maximum Gasteiger partial charge on any atom is 0.331 e. The number of para-hydroxylation sites is 1. The molecule has 0 radical (unpaired) electrons. The lowest BCUT2D eigenvalue weighted by molar-refractivity contribution is 0.196. The van der Waals surface area contributed by atoms with Crippen molar-refractivity contribution in [2.45, 2.75) is 103 Å². The molecule has 0 spiro atoms. The van der Waals surface area contributed by atoms with Crippen molar-refractivity contribution >= 4 is 18.5 Å². The lowest BCUT2D eigenvalue weighted by atomic mass is 10.1. The van der Waals surface area contributed by atoms with Gasteiger partial charge in [0.05, 0.1) is 19.4 Å². The monoisotopic (exact) mass is 578 g/mol. The largest absolute Gasteiger partial charge is 0.361 e. The van der Waals surface area contributed by atoms with Crippen LogP contribution in [0.4, 0.5) is 0 Å². The summed E-state index contributed by atoms with van der Waals surface area (Å²) in [6, 6.07) is 8.25. The second-order valence-electron chi connectivity index (χ2n) is 11.1. The summed E-state index contributed by atoms with van der Waals surface area (Å²) >= 11 is 0. The summed E-state index contributed by atoms with van der Waals surface area (Å²) in [7, 11) is -3.21. The molecule has 1 aromatic heterocycles. The second kappa shape index (κ2) is 22.4. The molecule has 0 fully saturated rings. The van der Waals surface area contributed by atoms with Gasteiger partial charge in [0.1, 0.15) is 0 Å². The summed E-state index contributed by atoms with van der Waals surface area (Å²) in [6.07, 6.45) is 20.4. The minimum absolute atomic E-state index is 0.378. The zero-order chi connectivity index (χ0) is 28.7. The first kappa shape index (κ1) is 35.0. The Morgan fingerprint density at radius 1 is 0.750 bits per heavy atom. The van der Waals surface area contributed by atoms with E-state index in [4.69, 9.17) is 20.5 Å². The van der Waals surface area contributed by atoms with Crippen molar-refractivity contribution in [3.63, 3.8) is 0 Å². The number of aromatic nitrogens is 1. The highest BCUT2D eigenvalue weighted by molar-refractivity contribution is 7.53. The zero-order valence-corrected chi connectivity index (χ0v) is 26.3. The number of aromatic amines is 1. The number of unbranched alkanes of at least 4 members (excludes halogenated alkanes) is 11. The molecule has 230 valence electrons. The van der Waals surface area contributed by atoms with E-state index in [-0.39, 0.29) is 0 Å². The molecule has 0 saturated heterocycles. The topological polar surface area (TPSA) is 107 Å². The van der Waals surface area contributed by atoms with Gasteiger partial charge in [-0.25, -0.2) is 0 Å². The molecule has 1 heterocycles. The number of hydrogen-bond donors (Lipinski definition) is 3. The van der Waals surface area contributed by atoms with Crippen molar-refractivity contribution in [1.29, 1.82) is 0 Å². The molecule has 0 aliphatic carbocycles. The van der Waals surface area contributed by atoms with Crippen molar-refractivity contribution in [3.8, 4) is 0 Å². The van der Waals surface area contributed by atoms with Crippen molar-refractivity contribution in [2.75, 3.05) is 52.1 Å². The van der Waals surface area contributed by atoms with Gasteiger partial charge >= 0.3 is 7.60 Å². The molecule has 40 heavy (non-hydrogen) atoms. The highest BCUT2D eigenvalue weighted by atomic mass is 31.2. The number of nitrogens with one attached hydrogen (secondary N) is 1. The summed E-state index contributed by atoms with van der Waals surface area (Å²) in [5.74, 6) is 0. The van der Waals surface area contributed by atoms with Gasteiger partial charge < -0.3 is 30.4 Å². The number of nitrogens with two attached hydrogens (primary N) is 2. The molecule has 1 atom stereocenters. The number of fused-ring (bicyclic) bond motifs is 1. The number of hydrogen-bond acceptors (Lipinski definition) is 6. The third kappa shape index (κ3) is 15.1. The van der Waals surface area contributed by atoms with E-state index in [1.807, 2.05) is 18.3 Å². The molecule has 0 aliphatic rings. The van der Waals surface area contributed by atoms with Crippen LogP contribution < -0.4 is 11.5 Å². The number of H-pyrrole nitrogens is 1. The molecular formula is C32H59N4O3P.